The summed E-state index contributed by atoms with van der Waals surface area (Å²) >= 11 is 0. The van der Waals surface area contributed by atoms with Gasteiger partial charge in [-0.25, -0.2) is 9.78 Å². The van der Waals surface area contributed by atoms with E-state index in [0.29, 0.717) is 17.8 Å². The monoisotopic (exact) mass is 307 g/mol. The second-order valence-corrected chi connectivity index (χ2v) is 6.24. The predicted molar refractivity (Wildman–Crippen MR) is 85.3 cm³/mol. The molecule has 0 spiro atoms. The Morgan fingerprint density at radius 3 is 2.68 bits per heavy atom. The maximum absolute atomic E-state index is 11.6. The third kappa shape index (κ3) is 3.39. The number of rotatable bonds is 4. The van der Waals surface area contributed by atoms with E-state index in [4.69, 9.17) is 9.84 Å². The highest BCUT2D eigenvalue weighted by Gasteiger charge is 2.33. The van der Waals surface area contributed by atoms with Crippen LogP contribution in [0.25, 0.3) is 0 Å². The number of aromatic nitrogens is 1. The first-order valence-corrected chi connectivity index (χ1v) is 7.56. The van der Waals surface area contributed by atoms with E-state index < -0.39 is 0 Å². The van der Waals surface area contributed by atoms with Gasteiger partial charge in [0.15, 0.2) is 0 Å². The molecule has 0 amide bonds. The van der Waals surface area contributed by atoms with Gasteiger partial charge in [-0.05, 0) is 32.9 Å². The molecule has 0 aliphatic carbocycles. The summed E-state index contributed by atoms with van der Waals surface area (Å²) in [5, 5.41) is 9.16. The first kappa shape index (κ1) is 16.7. The number of aliphatic hydroxyl groups excluding tert-OH is 1. The van der Waals surface area contributed by atoms with Gasteiger partial charge in [0.25, 0.3) is 0 Å². The van der Waals surface area contributed by atoms with Gasteiger partial charge in [-0.3, -0.25) is 4.90 Å². The van der Waals surface area contributed by atoms with Crippen LogP contribution in [0, 0.1) is 6.92 Å². The number of hydrogen-bond acceptors (Lipinski definition) is 6. The topological polar surface area (TPSA) is 65.9 Å². The third-order valence-corrected chi connectivity index (χ3v) is 4.24. The lowest BCUT2D eigenvalue weighted by molar-refractivity contribution is 0.0599. The first-order chi connectivity index (χ1) is 10.4. The molecule has 1 aromatic heterocycles. The number of nitrogens with zero attached hydrogens (tertiary/aromatic N) is 3. The Morgan fingerprint density at radius 1 is 1.41 bits per heavy atom. The van der Waals surface area contributed by atoms with Crippen molar-refractivity contribution in [2.75, 3.05) is 44.8 Å². The first-order valence-electron chi connectivity index (χ1n) is 7.56. The van der Waals surface area contributed by atoms with Crippen molar-refractivity contribution in [1.29, 1.82) is 0 Å². The van der Waals surface area contributed by atoms with E-state index in [2.05, 4.69) is 28.6 Å². The Morgan fingerprint density at radius 2 is 2.14 bits per heavy atom. The van der Waals surface area contributed by atoms with Gasteiger partial charge in [-0.15, -0.1) is 0 Å². The number of anilines is 1. The summed E-state index contributed by atoms with van der Waals surface area (Å²) in [4.78, 5) is 20.7. The van der Waals surface area contributed by atoms with Crippen molar-refractivity contribution in [3.05, 3.63) is 23.4 Å². The molecule has 0 radical (unpaired) electrons. The molecule has 2 rings (SSSR count). The van der Waals surface area contributed by atoms with E-state index in [9.17, 15) is 4.79 Å². The number of aryl methyl sites for hydroxylation is 1. The summed E-state index contributed by atoms with van der Waals surface area (Å²) in [5.74, 6) is 0.520. The summed E-state index contributed by atoms with van der Waals surface area (Å²) in [6, 6.07) is 3.65. The second kappa shape index (κ2) is 6.62. The van der Waals surface area contributed by atoms with Crippen LogP contribution in [0.15, 0.2) is 12.1 Å². The number of carbonyl (C=O) groups is 1. The average Bonchev–Trinajstić information content (AvgIpc) is 2.48. The summed E-state index contributed by atoms with van der Waals surface area (Å²) in [6.07, 6.45) is 0. The van der Waals surface area contributed by atoms with Crippen LogP contribution < -0.4 is 4.90 Å². The summed E-state index contributed by atoms with van der Waals surface area (Å²) < 4.78 is 4.75. The number of carbonyl (C=O) groups excluding carboxylic acids is 1. The third-order valence-electron chi connectivity index (χ3n) is 4.24. The summed E-state index contributed by atoms with van der Waals surface area (Å²) in [6.45, 7) is 9.60. The minimum atomic E-state index is -0.357. The molecule has 1 saturated heterocycles. The molecule has 2 heterocycles. The molecule has 0 saturated carbocycles. The van der Waals surface area contributed by atoms with E-state index in [0.717, 1.165) is 25.5 Å². The number of ether oxygens (including phenoxy) is 1. The van der Waals surface area contributed by atoms with Crippen LogP contribution in [0.1, 0.15) is 29.9 Å². The van der Waals surface area contributed by atoms with Crippen molar-refractivity contribution < 1.29 is 14.6 Å². The largest absolute Gasteiger partial charge is 0.465 e. The van der Waals surface area contributed by atoms with E-state index in [1.54, 1.807) is 6.07 Å². The molecule has 0 atom stereocenters. The van der Waals surface area contributed by atoms with Gasteiger partial charge in [0.05, 0.1) is 25.0 Å². The molecule has 0 bridgehead atoms. The quantitative estimate of drug-likeness (QED) is 0.840. The van der Waals surface area contributed by atoms with Crippen LogP contribution in [0.3, 0.4) is 0 Å². The number of β-amino-alcohol motifs (C(OH)–C–C–N with tert-alkyl or cyclic N) is 1. The lowest BCUT2D eigenvalue weighted by Crippen LogP contribution is -2.60. The molecule has 6 heteroatoms. The number of piperazine rings is 1. The predicted octanol–water partition coefficient (Wildman–Crippen LogP) is 1.07. The lowest BCUT2D eigenvalue weighted by atomic mass is 9.98. The Balaban J connectivity index is 2.16. The van der Waals surface area contributed by atoms with Crippen molar-refractivity contribution in [1.82, 2.24) is 9.88 Å². The van der Waals surface area contributed by atoms with Crippen molar-refractivity contribution in [2.24, 2.45) is 0 Å². The molecule has 1 aromatic rings. The van der Waals surface area contributed by atoms with Gasteiger partial charge in [-0.2, -0.15) is 0 Å². The number of aliphatic hydroxyl groups is 1. The van der Waals surface area contributed by atoms with Gasteiger partial charge in [0, 0.05) is 31.7 Å². The molecule has 22 heavy (non-hydrogen) atoms. The molecule has 1 N–H and O–H groups in total. The second-order valence-electron chi connectivity index (χ2n) is 6.24. The number of pyridine rings is 1. The Bertz CT molecular complexity index is 545. The molecular formula is C16H25N3O3. The highest BCUT2D eigenvalue weighted by molar-refractivity contribution is 5.90. The van der Waals surface area contributed by atoms with Gasteiger partial charge in [0.2, 0.25) is 0 Å². The SMILES string of the molecule is COC(=O)c1ccc(N2CCN(CCO)C(C)(C)C2)nc1C. The molecular weight excluding hydrogens is 282 g/mol. The standard InChI is InChI=1S/C16H25N3O3/c1-12-13(15(21)22-4)5-6-14(17-12)18-7-8-19(9-10-20)16(2,3)11-18/h5-6,20H,7-11H2,1-4H3. The lowest BCUT2D eigenvalue weighted by Gasteiger charge is -2.47. The smallest absolute Gasteiger partial charge is 0.339 e. The van der Waals surface area contributed by atoms with Gasteiger partial charge < -0.3 is 14.7 Å². The number of esters is 1. The number of methoxy groups -OCH3 is 1. The van der Waals surface area contributed by atoms with E-state index in [-0.39, 0.29) is 18.1 Å². The summed E-state index contributed by atoms with van der Waals surface area (Å²) in [7, 11) is 1.37. The van der Waals surface area contributed by atoms with Gasteiger partial charge in [-0.1, -0.05) is 0 Å². The maximum atomic E-state index is 11.6. The van der Waals surface area contributed by atoms with Crippen LogP contribution in [0.5, 0.6) is 0 Å². The minimum Gasteiger partial charge on any atom is -0.465 e. The van der Waals surface area contributed by atoms with Crippen LogP contribution >= 0.6 is 0 Å². The van der Waals surface area contributed by atoms with Crippen LogP contribution in [-0.2, 0) is 4.74 Å². The molecule has 0 unspecified atom stereocenters. The molecule has 1 aliphatic heterocycles. The minimum absolute atomic E-state index is 0.0302. The fourth-order valence-electron chi connectivity index (χ4n) is 2.97. The summed E-state index contributed by atoms with van der Waals surface area (Å²) in [5.41, 5.74) is 1.15. The number of hydrogen-bond donors (Lipinski definition) is 1. The van der Waals surface area contributed by atoms with Crippen molar-refractivity contribution >= 4 is 11.8 Å². The normalized spacial score (nSPS) is 18.3. The Hall–Kier alpha value is -1.66. The Kier molecular flexibility index (Phi) is 5.03. The maximum Gasteiger partial charge on any atom is 0.339 e. The molecule has 6 nitrogen and oxygen atoms in total. The highest BCUT2D eigenvalue weighted by atomic mass is 16.5. The van der Waals surface area contributed by atoms with E-state index in [1.165, 1.54) is 7.11 Å². The molecule has 1 fully saturated rings. The fraction of sp³-hybridized carbons (Fsp3) is 0.625. The van der Waals surface area contributed by atoms with E-state index in [1.807, 2.05) is 13.0 Å². The van der Waals surface area contributed by atoms with Crippen molar-refractivity contribution in [2.45, 2.75) is 26.3 Å². The van der Waals surface area contributed by atoms with Crippen molar-refractivity contribution in [3.8, 4) is 0 Å². The molecule has 122 valence electrons. The Labute approximate surface area is 131 Å². The van der Waals surface area contributed by atoms with Crippen LogP contribution in [0.4, 0.5) is 5.82 Å². The van der Waals surface area contributed by atoms with Gasteiger partial charge in [0.1, 0.15) is 5.82 Å². The zero-order valence-electron chi connectivity index (χ0n) is 13.8. The zero-order chi connectivity index (χ0) is 16.3. The van der Waals surface area contributed by atoms with Gasteiger partial charge >= 0.3 is 5.97 Å². The zero-order valence-corrected chi connectivity index (χ0v) is 13.8. The van der Waals surface area contributed by atoms with Crippen LogP contribution in [-0.4, -0.2) is 66.4 Å². The average molecular weight is 307 g/mol. The van der Waals surface area contributed by atoms with E-state index >= 15 is 0 Å². The molecule has 0 aromatic carbocycles. The fourth-order valence-corrected chi connectivity index (χ4v) is 2.97. The highest BCUT2D eigenvalue weighted by Crippen LogP contribution is 2.25. The van der Waals surface area contributed by atoms with Crippen LogP contribution in [0.2, 0.25) is 0 Å². The van der Waals surface area contributed by atoms with Crippen molar-refractivity contribution in [3.63, 3.8) is 0 Å². The molecule has 1 aliphatic rings.